The lowest BCUT2D eigenvalue weighted by atomic mass is 9.96. The standard InChI is InChI=1S/C20H23N3O3/c1-14-10-11-15-7-4-5-9-17(15)23(14)18(24)13-26-20(25)16-8-6-12-21-19(16)22(2)3/h4-9,12,14H,10-11,13H2,1-3H3/t14-/m0/s1. The predicted octanol–water partition coefficient (Wildman–Crippen LogP) is 2.67. The van der Waals surface area contributed by atoms with E-state index in [1.807, 2.05) is 31.2 Å². The number of anilines is 2. The summed E-state index contributed by atoms with van der Waals surface area (Å²) in [6.07, 6.45) is 3.45. The molecule has 0 radical (unpaired) electrons. The highest BCUT2D eigenvalue weighted by Crippen LogP contribution is 2.30. The molecule has 0 saturated heterocycles. The number of rotatable bonds is 4. The number of ether oxygens (including phenoxy) is 1. The van der Waals surface area contributed by atoms with Crippen molar-refractivity contribution >= 4 is 23.4 Å². The van der Waals surface area contributed by atoms with E-state index < -0.39 is 5.97 Å². The summed E-state index contributed by atoms with van der Waals surface area (Å²) in [5, 5.41) is 0. The van der Waals surface area contributed by atoms with Crippen molar-refractivity contribution in [3.05, 3.63) is 53.7 Å². The van der Waals surface area contributed by atoms with E-state index in [0.717, 1.165) is 24.1 Å². The van der Waals surface area contributed by atoms with Crippen molar-refractivity contribution in [3.8, 4) is 0 Å². The number of aromatic nitrogens is 1. The van der Waals surface area contributed by atoms with Gasteiger partial charge < -0.3 is 14.5 Å². The van der Waals surface area contributed by atoms with Gasteiger partial charge in [-0.3, -0.25) is 4.79 Å². The van der Waals surface area contributed by atoms with Crippen LogP contribution in [0.3, 0.4) is 0 Å². The monoisotopic (exact) mass is 353 g/mol. The number of amides is 1. The summed E-state index contributed by atoms with van der Waals surface area (Å²) in [5.41, 5.74) is 2.40. The molecule has 1 aromatic heterocycles. The molecule has 0 fully saturated rings. The molecule has 2 aromatic rings. The van der Waals surface area contributed by atoms with Crippen molar-refractivity contribution in [1.29, 1.82) is 0 Å². The average molecular weight is 353 g/mol. The van der Waals surface area contributed by atoms with E-state index in [2.05, 4.69) is 4.98 Å². The third-order valence-electron chi connectivity index (χ3n) is 4.55. The first-order valence-electron chi connectivity index (χ1n) is 8.68. The summed E-state index contributed by atoms with van der Waals surface area (Å²) in [6, 6.07) is 11.3. The summed E-state index contributed by atoms with van der Waals surface area (Å²) < 4.78 is 5.30. The molecule has 0 unspecified atom stereocenters. The van der Waals surface area contributed by atoms with Gasteiger partial charge in [-0.1, -0.05) is 18.2 Å². The lowest BCUT2D eigenvalue weighted by Crippen LogP contribution is -2.44. The van der Waals surface area contributed by atoms with Gasteiger partial charge in [-0.15, -0.1) is 0 Å². The fourth-order valence-corrected chi connectivity index (χ4v) is 3.26. The summed E-state index contributed by atoms with van der Waals surface area (Å²) >= 11 is 0. The quantitative estimate of drug-likeness (QED) is 0.791. The minimum absolute atomic E-state index is 0.0758. The highest BCUT2D eigenvalue weighted by Gasteiger charge is 2.29. The first kappa shape index (κ1) is 17.9. The van der Waals surface area contributed by atoms with Gasteiger partial charge in [-0.05, 0) is 43.5 Å². The average Bonchev–Trinajstić information content (AvgIpc) is 2.65. The van der Waals surface area contributed by atoms with Crippen LogP contribution in [0.2, 0.25) is 0 Å². The molecule has 1 aliphatic rings. The molecular weight excluding hydrogens is 330 g/mol. The molecule has 136 valence electrons. The fourth-order valence-electron chi connectivity index (χ4n) is 3.26. The Bertz CT molecular complexity index is 819. The SMILES string of the molecule is C[C@H]1CCc2ccccc2N1C(=O)COC(=O)c1cccnc1N(C)C. The second-order valence-corrected chi connectivity index (χ2v) is 6.63. The number of carbonyl (C=O) groups excluding carboxylic acids is 2. The van der Waals surface area contributed by atoms with Gasteiger partial charge in [-0.2, -0.15) is 0 Å². The topological polar surface area (TPSA) is 62.7 Å². The van der Waals surface area contributed by atoms with Gasteiger partial charge in [0.1, 0.15) is 11.4 Å². The maximum absolute atomic E-state index is 12.7. The van der Waals surface area contributed by atoms with Crippen molar-refractivity contribution in [2.75, 3.05) is 30.5 Å². The van der Waals surface area contributed by atoms with Crippen LogP contribution in [0.25, 0.3) is 0 Å². The van der Waals surface area contributed by atoms with Crippen molar-refractivity contribution < 1.29 is 14.3 Å². The molecule has 1 aromatic carbocycles. The Morgan fingerprint density at radius 3 is 2.77 bits per heavy atom. The van der Waals surface area contributed by atoms with E-state index in [-0.39, 0.29) is 18.6 Å². The van der Waals surface area contributed by atoms with E-state index in [0.29, 0.717) is 11.4 Å². The Hall–Kier alpha value is -2.89. The van der Waals surface area contributed by atoms with Crippen LogP contribution in [0.4, 0.5) is 11.5 Å². The zero-order chi connectivity index (χ0) is 18.7. The minimum Gasteiger partial charge on any atom is -0.452 e. The summed E-state index contributed by atoms with van der Waals surface area (Å²) in [6.45, 7) is 1.72. The number of esters is 1. The zero-order valence-corrected chi connectivity index (χ0v) is 15.3. The Kier molecular flexibility index (Phi) is 5.21. The first-order chi connectivity index (χ1) is 12.5. The van der Waals surface area contributed by atoms with E-state index in [4.69, 9.17) is 4.74 Å². The number of pyridine rings is 1. The number of aryl methyl sites for hydroxylation is 1. The Morgan fingerprint density at radius 1 is 1.23 bits per heavy atom. The third kappa shape index (κ3) is 3.54. The number of fused-ring (bicyclic) bond motifs is 1. The minimum atomic E-state index is -0.548. The van der Waals surface area contributed by atoms with Gasteiger partial charge >= 0.3 is 5.97 Å². The molecular formula is C20H23N3O3. The van der Waals surface area contributed by atoms with E-state index in [1.165, 1.54) is 0 Å². The lowest BCUT2D eigenvalue weighted by molar-refractivity contribution is -0.122. The van der Waals surface area contributed by atoms with Gasteiger partial charge in [0.15, 0.2) is 6.61 Å². The zero-order valence-electron chi connectivity index (χ0n) is 15.3. The molecule has 0 spiro atoms. The molecule has 3 rings (SSSR count). The van der Waals surface area contributed by atoms with Crippen LogP contribution in [-0.4, -0.2) is 43.6 Å². The van der Waals surface area contributed by atoms with Crippen molar-refractivity contribution in [2.24, 2.45) is 0 Å². The largest absolute Gasteiger partial charge is 0.452 e. The van der Waals surface area contributed by atoms with Gasteiger partial charge in [-0.25, -0.2) is 9.78 Å². The van der Waals surface area contributed by atoms with Gasteiger partial charge in [0, 0.05) is 32.0 Å². The molecule has 0 bridgehead atoms. The summed E-state index contributed by atoms with van der Waals surface area (Å²) in [4.78, 5) is 32.8. The van der Waals surface area contributed by atoms with Crippen LogP contribution in [0.1, 0.15) is 29.3 Å². The Morgan fingerprint density at radius 2 is 2.00 bits per heavy atom. The number of benzene rings is 1. The van der Waals surface area contributed by atoms with E-state index in [9.17, 15) is 9.59 Å². The van der Waals surface area contributed by atoms with Crippen LogP contribution in [0.15, 0.2) is 42.6 Å². The molecule has 0 saturated carbocycles. The maximum Gasteiger partial charge on any atom is 0.342 e. The number of carbonyl (C=O) groups is 2. The molecule has 0 N–H and O–H groups in total. The number of para-hydroxylation sites is 1. The molecule has 6 nitrogen and oxygen atoms in total. The van der Waals surface area contributed by atoms with Crippen LogP contribution in [0, 0.1) is 0 Å². The number of hydrogen-bond donors (Lipinski definition) is 0. The van der Waals surface area contributed by atoms with Crippen molar-refractivity contribution in [3.63, 3.8) is 0 Å². The third-order valence-corrected chi connectivity index (χ3v) is 4.55. The van der Waals surface area contributed by atoms with Crippen LogP contribution in [0.5, 0.6) is 0 Å². The summed E-state index contributed by atoms with van der Waals surface area (Å²) in [5.74, 6) is -0.247. The van der Waals surface area contributed by atoms with E-state index in [1.54, 1.807) is 42.2 Å². The van der Waals surface area contributed by atoms with Crippen LogP contribution in [-0.2, 0) is 16.0 Å². The number of nitrogens with zero attached hydrogens (tertiary/aromatic N) is 3. The lowest BCUT2D eigenvalue weighted by Gasteiger charge is -2.35. The first-order valence-corrected chi connectivity index (χ1v) is 8.68. The molecule has 1 aliphatic heterocycles. The van der Waals surface area contributed by atoms with Crippen LogP contribution < -0.4 is 9.80 Å². The van der Waals surface area contributed by atoms with Crippen LogP contribution >= 0.6 is 0 Å². The second-order valence-electron chi connectivity index (χ2n) is 6.63. The Balaban J connectivity index is 1.73. The molecule has 1 atom stereocenters. The predicted molar refractivity (Wildman–Crippen MR) is 101 cm³/mol. The van der Waals surface area contributed by atoms with E-state index >= 15 is 0 Å². The van der Waals surface area contributed by atoms with Gasteiger partial charge in [0.25, 0.3) is 5.91 Å². The maximum atomic E-state index is 12.7. The molecule has 2 heterocycles. The van der Waals surface area contributed by atoms with Crippen molar-refractivity contribution in [2.45, 2.75) is 25.8 Å². The van der Waals surface area contributed by atoms with Gasteiger partial charge in [0.2, 0.25) is 0 Å². The molecule has 0 aliphatic carbocycles. The summed E-state index contributed by atoms with van der Waals surface area (Å²) in [7, 11) is 3.60. The molecule has 6 heteroatoms. The Labute approximate surface area is 153 Å². The normalized spacial score (nSPS) is 16.0. The van der Waals surface area contributed by atoms with Gasteiger partial charge in [0.05, 0.1) is 0 Å². The fraction of sp³-hybridized carbons (Fsp3) is 0.350. The number of hydrogen-bond acceptors (Lipinski definition) is 5. The molecule has 1 amide bonds. The highest BCUT2D eigenvalue weighted by atomic mass is 16.5. The molecule has 26 heavy (non-hydrogen) atoms. The smallest absolute Gasteiger partial charge is 0.342 e. The second kappa shape index (κ2) is 7.56. The highest BCUT2D eigenvalue weighted by molar-refractivity contribution is 5.99. The van der Waals surface area contributed by atoms with Crippen molar-refractivity contribution in [1.82, 2.24) is 4.98 Å².